The van der Waals surface area contributed by atoms with Gasteiger partial charge in [-0.05, 0) is 25.2 Å². The van der Waals surface area contributed by atoms with Crippen LogP contribution in [0.1, 0.15) is 13.3 Å². The van der Waals surface area contributed by atoms with Crippen LogP contribution in [0.3, 0.4) is 0 Å². The van der Waals surface area contributed by atoms with E-state index in [1.165, 1.54) is 6.92 Å². The predicted molar refractivity (Wildman–Crippen MR) is 63.7 cm³/mol. The molecule has 1 saturated carbocycles. The average molecular weight is 291 g/mol. The Labute approximate surface area is 114 Å². The molecule has 4 atom stereocenters. The highest BCUT2D eigenvalue weighted by Gasteiger charge is 2.53. The van der Waals surface area contributed by atoms with Crippen molar-refractivity contribution in [3.63, 3.8) is 0 Å². The first-order chi connectivity index (χ1) is 9.24. The van der Waals surface area contributed by atoms with Crippen LogP contribution < -0.4 is 0 Å². The van der Waals surface area contributed by atoms with E-state index in [9.17, 15) is 27.9 Å². The van der Waals surface area contributed by atoms with Gasteiger partial charge in [0, 0.05) is 6.54 Å². The molecule has 1 fully saturated rings. The molecule has 0 aliphatic heterocycles. The molecule has 2 rings (SSSR count). The van der Waals surface area contributed by atoms with Crippen molar-refractivity contribution in [1.82, 2.24) is 4.90 Å². The normalized spacial score (nSPS) is 31.6. The second-order valence-corrected chi connectivity index (χ2v) is 5.31. The number of amides is 1. The van der Waals surface area contributed by atoms with Crippen LogP contribution in [0.5, 0.6) is 0 Å². The molecule has 0 radical (unpaired) electrons. The number of allylic oxidation sites excluding steroid dienone is 2. The van der Waals surface area contributed by atoms with Gasteiger partial charge < -0.3 is 10.0 Å². The number of hydrogen-bond donors (Lipinski definition) is 1. The number of hydrogen-bond acceptors (Lipinski definition) is 2. The average Bonchev–Trinajstić information content (AvgIpc) is 2.93. The summed E-state index contributed by atoms with van der Waals surface area (Å²) in [4.78, 5) is 24.3. The van der Waals surface area contributed by atoms with Crippen LogP contribution in [0.15, 0.2) is 12.2 Å². The molecule has 20 heavy (non-hydrogen) atoms. The number of fused-ring (bicyclic) bond motifs is 2. The molecule has 1 N–H and O–H groups in total. The highest BCUT2D eigenvalue weighted by Crippen LogP contribution is 2.48. The smallest absolute Gasteiger partial charge is 0.406 e. The van der Waals surface area contributed by atoms with Gasteiger partial charge in [-0.1, -0.05) is 12.2 Å². The minimum atomic E-state index is -4.47. The van der Waals surface area contributed by atoms with Crippen molar-refractivity contribution in [3.8, 4) is 0 Å². The summed E-state index contributed by atoms with van der Waals surface area (Å²) in [5, 5.41) is 9.21. The van der Waals surface area contributed by atoms with Crippen molar-refractivity contribution in [2.45, 2.75) is 19.5 Å². The van der Waals surface area contributed by atoms with Crippen LogP contribution in [0.4, 0.5) is 13.2 Å². The Bertz CT molecular complexity index is 447. The molecule has 2 aliphatic rings. The van der Waals surface area contributed by atoms with Gasteiger partial charge in [-0.3, -0.25) is 9.59 Å². The molecule has 2 aliphatic carbocycles. The second-order valence-electron chi connectivity index (χ2n) is 5.31. The summed E-state index contributed by atoms with van der Waals surface area (Å²) >= 11 is 0. The van der Waals surface area contributed by atoms with E-state index in [2.05, 4.69) is 0 Å². The maximum Gasteiger partial charge on any atom is 0.406 e. The molecule has 0 aromatic carbocycles. The van der Waals surface area contributed by atoms with E-state index in [1.807, 2.05) is 0 Å². The molecule has 0 spiro atoms. The van der Waals surface area contributed by atoms with Crippen molar-refractivity contribution in [1.29, 1.82) is 0 Å². The van der Waals surface area contributed by atoms with Crippen molar-refractivity contribution < 1.29 is 27.9 Å². The van der Waals surface area contributed by atoms with E-state index in [0.717, 1.165) is 0 Å². The number of carboxylic acids is 1. The Morgan fingerprint density at radius 1 is 1.25 bits per heavy atom. The molecule has 112 valence electrons. The van der Waals surface area contributed by atoms with Crippen LogP contribution in [-0.4, -0.2) is 41.1 Å². The number of carbonyl (C=O) groups excluding carboxylic acids is 1. The molecule has 1 amide bonds. The number of alkyl halides is 3. The van der Waals surface area contributed by atoms with E-state index in [-0.39, 0.29) is 18.4 Å². The minimum absolute atomic E-state index is 0.0811. The Hall–Kier alpha value is -1.53. The van der Waals surface area contributed by atoms with Crippen LogP contribution in [0, 0.1) is 23.7 Å². The third kappa shape index (κ3) is 2.66. The molecule has 0 saturated heterocycles. The highest BCUT2D eigenvalue weighted by molar-refractivity contribution is 5.87. The van der Waals surface area contributed by atoms with E-state index >= 15 is 0 Å². The quantitative estimate of drug-likeness (QED) is 0.805. The molecule has 0 aromatic heterocycles. The third-order valence-corrected chi connectivity index (χ3v) is 4.09. The Balaban J connectivity index is 2.18. The maximum absolute atomic E-state index is 12.5. The number of carboxylic acid groups (broad SMARTS) is 1. The highest BCUT2D eigenvalue weighted by atomic mass is 19.4. The third-order valence-electron chi connectivity index (χ3n) is 4.09. The fourth-order valence-corrected chi connectivity index (χ4v) is 3.27. The lowest BCUT2D eigenvalue weighted by Gasteiger charge is -2.30. The molecular formula is C13H16F3NO3. The molecule has 0 aromatic rings. The van der Waals surface area contributed by atoms with Crippen LogP contribution >= 0.6 is 0 Å². The summed E-state index contributed by atoms with van der Waals surface area (Å²) in [6.07, 6.45) is -0.420. The monoisotopic (exact) mass is 291 g/mol. The van der Waals surface area contributed by atoms with Gasteiger partial charge in [0.15, 0.2) is 0 Å². The Morgan fingerprint density at radius 3 is 2.25 bits per heavy atom. The van der Waals surface area contributed by atoms with Gasteiger partial charge in [-0.25, -0.2) is 0 Å². The summed E-state index contributed by atoms with van der Waals surface area (Å²) in [7, 11) is 0. The van der Waals surface area contributed by atoms with Gasteiger partial charge in [0.1, 0.15) is 6.54 Å². The lowest BCUT2D eigenvalue weighted by atomic mass is 9.82. The first kappa shape index (κ1) is 14.9. The fourth-order valence-electron chi connectivity index (χ4n) is 3.27. The summed E-state index contributed by atoms with van der Waals surface area (Å²) in [6.45, 7) is 0.0526. The molecule has 4 nitrogen and oxygen atoms in total. The van der Waals surface area contributed by atoms with E-state index < -0.39 is 36.4 Å². The zero-order valence-electron chi connectivity index (χ0n) is 10.9. The molecule has 4 unspecified atom stereocenters. The fraction of sp³-hybridized carbons (Fsp3) is 0.692. The van der Waals surface area contributed by atoms with Crippen LogP contribution in [0.25, 0.3) is 0 Å². The summed E-state index contributed by atoms with van der Waals surface area (Å²) < 4.78 is 37.4. The predicted octanol–water partition coefficient (Wildman–Crippen LogP) is 1.92. The SMILES string of the molecule is CCN(CC(F)(F)F)C(=O)C1C2C=CC(C2)C1C(=O)O. The van der Waals surface area contributed by atoms with Gasteiger partial charge in [0.2, 0.25) is 5.91 Å². The first-order valence-electron chi connectivity index (χ1n) is 6.51. The number of nitrogens with zero attached hydrogens (tertiary/aromatic N) is 1. The van der Waals surface area contributed by atoms with Crippen LogP contribution in [0.2, 0.25) is 0 Å². The van der Waals surface area contributed by atoms with Crippen molar-refractivity contribution in [2.75, 3.05) is 13.1 Å². The Morgan fingerprint density at radius 2 is 1.80 bits per heavy atom. The minimum Gasteiger partial charge on any atom is -0.481 e. The van der Waals surface area contributed by atoms with E-state index in [4.69, 9.17) is 0 Å². The topological polar surface area (TPSA) is 57.6 Å². The van der Waals surface area contributed by atoms with Crippen LogP contribution in [-0.2, 0) is 9.59 Å². The standard InChI is InChI=1S/C13H16F3NO3/c1-2-17(6-13(14,15)16)11(18)9-7-3-4-8(5-7)10(9)12(19)20/h3-4,7-10H,2,5-6H2,1H3,(H,19,20). The summed E-state index contributed by atoms with van der Waals surface area (Å²) in [6, 6.07) is 0. The molecule has 2 bridgehead atoms. The lowest BCUT2D eigenvalue weighted by Crippen LogP contribution is -2.46. The van der Waals surface area contributed by atoms with Gasteiger partial charge in [0.25, 0.3) is 0 Å². The van der Waals surface area contributed by atoms with Crippen molar-refractivity contribution in [3.05, 3.63) is 12.2 Å². The second kappa shape index (κ2) is 5.10. The van der Waals surface area contributed by atoms with Gasteiger partial charge in [-0.15, -0.1) is 0 Å². The van der Waals surface area contributed by atoms with Gasteiger partial charge in [-0.2, -0.15) is 13.2 Å². The summed E-state index contributed by atoms with van der Waals surface area (Å²) in [5.41, 5.74) is 0. The molecule has 7 heteroatoms. The number of aliphatic carboxylic acids is 1. The van der Waals surface area contributed by atoms with Crippen molar-refractivity contribution >= 4 is 11.9 Å². The van der Waals surface area contributed by atoms with Gasteiger partial charge in [0.05, 0.1) is 11.8 Å². The molecular weight excluding hydrogens is 275 g/mol. The summed E-state index contributed by atoms with van der Waals surface area (Å²) in [5.74, 6) is -4.08. The zero-order valence-corrected chi connectivity index (χ0v) is 10.9. The number of halogens is 3. The zero-order chi connectivity index (χ0) is 15.1. The van der Waals surface area contributed by atoms with Crippen molar-refractivity contribution in [2.24, 2.45) is 23.7 Å². The number of carbonyl (C=O) groups is 2. The largest absolute Gasteiger partial charge is 0.481 e. The van der Waals surface area contributed by atoms with Gasteiger partial charge >= 0.3 is 12.1 Å². The molecule has 0 heterocycles. The Kier molecular flexibility index (Phi) is 3.80. The first-order valence-corrected chi connectivity index (χ1v) is 6.51. The maximum atomic E-state index is 12.5. The van der Waals surface area contributed by atoms with E-state index in [1.54, 1.807) is 12.2 Å². The number of rotatable bonds is 4. The lowest BCUT2D eigenvalue weighted by molar-refractivity contribution is -0.166. The van der Waals surface area contributed by atoms with E-state index in [0.29, 0.717) is 11.3 Å².